The van der Waals surface area contributed by atoms with E-state index in [1.54, 1.807) is 6.20 Å². The van der Waals surface area contributed by atoms with Gasteiger partial charge < -0.3 is 5.11 Å². The van der Waals surface area contributed by atoms with Crippen molar-refractivity contribution >= 4 is 0 Å². The molecule has 0 aliphatic rings. The van der Waals surface area contributed by atoms with Crippen LogP contribution in [0.4, 0.5) is 0 Å². The Bertz CT molecular complexity index is 453. The highest BCUT2D eigenvalue weighted by molar-refractivity contribution is 5.25. The Hall–Kier alpha value is -1.67. The van der Waals surface area contributed by atoms with Crippen LogP contribution in [0.15, 0.2) is 48.7 Å². The number of aryl methyl sites for hydroxylation is 1. The molecular formula is C14H15NO. The predicted molar refractivity (Wildman–Crippen MR) is 64.1 cm³/mol. The number of nitrogens with zero attached hydrogens (tertiary/aromatic N) is 1. The molecule has 0 fully saturated rings. The second-order valence-corrected chi connectivity index (χ2v) is 3.96. The fourth-order valence-electron chi connectivity index (χ4n) is 1.71. The number of aliphatic hydroxyl groups excluding tert-OH is 1. The largest absolute Gasteiger partial charge is 0.388 e. The summed E-state index contributed by atoms with van der Waals surface area (Å²) < 4.78 is 0. The van der Waals surface area contributed by atoms with Crippen molar-refractivity contribution < 1.29 is 5.11 Å². The van der Waals surface area contributed by atoms with E-state index in [4.69, 9.17) is 0 Å². The maximum atomic E-state index is 10.1. The Balaban J connectivity index is 2.12. The molecule has 0 spiro atoms. The van der Waals surface area contributed by atoms with E-state index in [-0.39, 0.29) is 0 Å². The zero-order valence-corrected chi connectivity index (χ0v) is 9.30. The molecule has 0 saturated carbocycles. The van der Waals surface area contributed by atoms with E-state index in [1.165, 1.54) is 0 Å². The summed E-state index contributed by atoms with van der Waals surface area (Å²) >= 11 is 0. The average Bonchev–Trinajstić information content (AvgIpc) is 2.30. The lowest BCUT2D eigenvalue weighted by molar-refractivity contribution is 0.177. The van der Waals surface area contributed by atoms with Gasteiger partial charge in [0.25, 0.3) is 0 Å². The van der Waals surface area contributed by atoms with Crippen LogP contribution in [-0.2, 0) is 6.42 Å². The molecule has 16 heavy (non-hydrogen) atoms. The second kappa shape index (κ2) is 4.90. The number of hydrogen-bond donors (Lipinski definition) is 1. The predicted octanol–water partition coefficient (Wildman–Crippen LogP) is 2.67. The Morgan fingerprint density at radius 1 is 1.19 bits per heavy atom. The fraction of sp³-hybridized carbons (Fsp3) is 0.214. The first kappa shape index (κ1) is 10.8. The molecule has 1 unspecified atom stereocenters. The van der Waals surface area contributed by atoms with E-state index in [1.807, 2.05) is 49.4 Å². The zero-order valence-electron chi connectivity index (χ0n) is 9.30. The lowest BCUT2D eigenvalue weighted by Crippen LogP contribution is -2.03. The fourth-order valence-corrected chi connectivity index (χ4v) is 1.71. The standard InChI is InChI=1S/C14H15NO/c1-11-5-4-6-12(9-11)14(16)10-13-7-2-3-8-15-13/h2-9,14,16H,10H2,1H3. The third kappa shape index (κ3) is 2.67. The number of rotatable bonds is 3. The van der Waals surface area contributed by atoms with E-state index < -0.39 is 6.10 Å². The van der Waals surface area contributed by atoms with Crippen LogP contribution in [0.2, 0.25) is 0 Å². The summed E-state index contributed by atoms with van der Waals surface area (Å²) in [6.45, 7) is 2.02. The van der Waals surface area contributed by atoms with Gasteiger partial charge in [-0.2, -0.15) is 0 Å². The van der Waals surface area contributed by atoms with Gasteiger partial charge >= 0.3 is 0 Å². The molecule has 1 N–H and O–H groups in total. The van der Waals surface area contributed by atoms with Gasteiger partial charge in [0.1, 0.15) is 0 Å². The van der Waals surface area contributed by atoms with E-state index in [0.29, 0.717) is 6.42 Å². The molecular weight excluding hydrogens is 198 g/mol. The molecule has 0 bridgehead atoms. The monoisotopic (exact) mass is 213 g/mol. The highest BCUT2D eigenvalue weighted by Gasteiger charge is 2.08. The van der Waals surface area contributed by atoms with E-state index in [9.17, 15) is 5.11 Å². The van der Waals surface area contributed by atoms with Gasteiger partial charge in [-0.1, -0.05) is 35.9 Å². The van der Waals surface area contributed by atoms with Crippen molar-refractivity contribution in [3.63, 3.8) is 0 Å². The van der Waals surface area contributed by atoms with E-state index in [2.05, 4.69) is 4.98 Å². The van der Waals surface area contributed by atoms with Gasteiger partial charge in [-0.15, -0.1) is 0 Å². The van der Waals surface area contributed by atoms with Crippen molar-refractivity contribution in [2.75, 3.05) is 0 Å². The molecule has 0 aliphatic heterocycles. The Morgan fingerprint density at radius 3 is 2.75 bits per heavy atom. The molecule has 2 rings (SSSR count). The van der Waals surface area contributed by atoms with Gasteiger partial charge in [0, 0.05) is 18.3 Å². The van der Waals surface area contributed by atoms with Crippen LogP contribution >= 0.6 is 0 Å². The Labute approximate surface area is 95.6 Å². The molecule has 2 aromatic rings. The highest BCUT2D eigenvalue weighted by atomic mass is 16.3. The summed E-state index contributed by atoms with van der Waals surface area (Å²) in [6.07, 6.45) is 1.83. The molecule has 82 valence electrons. The summed E-state index contributed by atoms with van der Waals surface area (Å²) in [4.78, 5) is 4.21. The summed E-state index contributed by atoms with van der Waals surface area (Å²) in [5.41, 5.74) is 3.03. The highest BCUT2D eigenvalue weighted by Crippen LogP contribution is 2.17. The van der Waals surface area contributed by atoms with Crippen molar-refractivity contribution in [2.24, 2.45) is 0 Å². The van der Waals surface area contributed by atoms with Crippen LogP contribution in [0.3, 0.4) is 0 Å². The Morgan fingerprint density at radius 2 is 2.06 bits per heavy atom. The van der Waals surface area contributed by atoms with E-state index >= 15 is 0 Å². The maximum absolute atomic E-state index is 10.1. The molecule has 2 nitrogen and oxygen atoms in total. The van der Waals surface area contributed by atoms with Crippen molar-refractivity contribution in [2.45, 2.75) is 19.4 Å². The molecule has 0 saturated heterocycles. The lowest BCUT2D eigenvalue weighted by atomic mass is 10.0. The summed E-state index contributed by atoms with van der Waals surface area (Å²) in [5.74, 6) is 0. The lowest BCUT2D eigenvalue weighted by Gasteiger charge is -2.10. The van der Waals surface area contributed by atoms with Crippen LogP contribution in [0.25, 0.3) is 0 Å². The van der Waals surface area contributed by atoms with Crippen LogP contribution in [0, 0.1) is 6.92 Å². The van der Waals surface area contributed by atoms with E-state index in [0.717, 1.165) is 16.8 Å². The summed E-state index contributed by atoms with van der Waals surface area (Å²) in [5, 5.41) is 10.1. The average molecular weight is 213 g/mol. The molecule has 1 atom stereocenters. The topological polar surface area (TPSA) is 33.1 Å². The van der Waals surface area contributed by atoms with Crippen LogP contribution in [0.1, 0.15) is 22.9 Å². The van der Waals surface area contributed by atoms with Gasteiger partial charge in [0.2, 0.25) is 0 Å². The molecule has 2 heteroatoms. The maximum Gasteiger partial charge on any atom is 0.0845 e. The Kier molecular flexibility index (Phi) is 3.32. The van der Waals surface area contributed by atoms with Crippen LogP contribution in [-0.4, -0.2) is 10.1 Å². The number of aromatic nitrogens is 1. The van der Waals surface area contributed by atoms with Gasteiger partial charge in [-0.3, -0.25) is 4.98 Å². The quantitative estimate of drug-likeness (QED) is 0.850. The van der Waals surface area contributed by atoms with Gasteiger partial charge in [-0.25, -0.2) is 0 Å². The minimum Gasteiger partial charge on any atom is -0.388 e. The first-order valence-corrected chi connectivity index (χ1v) is 5.40. The molecule has 1 aromatic heterocycles. The third-order valence-corrected chi connectivity index (χ3v) is 2.56. The SMILES string of the molecule is Cc1cccc(C(O)Cc2ccccn2)c1. The normalized spacial score (nSPS) is 12.4. The minimum absolute atomic E-state index is 0.477. The first-order valence-electron chi connectivity index (χ1n) is 5.40. The first-order chi connectivity index (χ1) is 7.75. The summed E-state index contributed by atoms with van der Waals surface area (Å²) in [7, 11) is 0. The molecule has 0 aliphatic carbocycles. The van der Waals surface area contributed by atoms with Crippen LogP contribution in [0.5, 0.6) is 0 Å². The smallest absolute Gasteiger partial charge is 0.0845 e. The molecule has 1 aromatic carbocycles. The van der Waals surface area contributed by atoms with Gasteiger partial charge in [0.15, 0.2) is 0 Å². The third-order valence-electron chi connectivity index (χ3n) is 2.56. The van der Waals surface area contributed by atoms with Crippen molar-refractivity contribution in [3.05, 3.63) is 65.5 Å². The number of aliphatic hydroxyl groups is 1. The van der Waals surface area contributed by atoms with Crippen molar-refractivity contribution in [1.82, 2.24) is 4.98 Å². The number of hydrogen-bond acceptors (Lipinski definition) is 2. The van der Waals surface area contributed by atoms with Crippen molar-refractivity contribution in [3.8, 4) is 0 Å². The molecule has 0 radical (unpaired) electrons. The van der Waals surface area contributed by atoms with Gasteiger partial charge in [-0.05, 0) is 24.6 Å². The zero-order chi connectivity index (χ0) is 11.4. The number of pyridine rings is 1. The van der Waals surface area contributed by atoms with Crippen molar-refractivity contribution in [1.29, 1.82) is 0 Å². The second-order valence-electron chi connectivity index (χ2n) is 3.96. The number of benzene rings is 1. The van der Waals surface area contributed by atoms with Gasteiger partial charge in [0.05, 0.1) is 6.10 Å². The van der Waals surface area contributed by atoms with Crippen LogP contribution < -0.4 is 0 Å². The molecule has 1 heterocycles. The minimum atomic E-state index is -0.477. The summed E-state index contributed by atoms with van der Waals surface area (Å²) in [6, 6.07) is 13.7. The molecule has 0 amide bonds.